The molecule has 0 unspecified atom stereocenters. The predicted molar refractivity (Wildman–Crippen MR) is 117 cm³/mol. The van der Waals surface area contributed by atoms with Crippen molar-refractivity contribution in [3.8, 4) is 33.6 Å². The molecule has 0 saturated heterocycles. The number of rotatable bonds is 4. The molecule has 0 bridgehead atoms. The second kappa shape index (κ2) is 7.21. The van der Waals surface area contributed by atoms with Gasteiger partial charge in [-0.05, 0) is 29.8 Å². The first-order valence-corrected chi connectivity index (χ1v) is 11.4. The summed E-state index contributed by atoms with van der Waals surface area (Å²) in [5.74, 6) is -0.337. The highest BCUT2D eigenvalue weighted by Gasteiger charge is 2.22. The molecule has 5 rings (SSSR count). The Morgan fingerprint density at radius 1 is 0.839 bits per heavy atom. The molecular formula is C24H17FN2O3S. The number of sulfone groups is 1. The highest BCUT2D eigenvalue weighted by molar-refractivity contribution is 7.90. The van der Waals surface area contributed by atoms with Gasteiger partial charge in [0, 0.05) is 17.4 Å². The second-order valence-electron chi connectivity index (χ2n) is 7.23. The van der Waals surface area contributed by atoms with Crippen LogP contribution in [0.2, 0.25) is 0 Å². The van der Waals surface area contributed by atoms with Gasteiger partial charge < -0.3 is 4.42 Å². The minimum Gasteiger partial charge on any atom is -0.444 e. The lowest BCUT2D eigenvalue weighted by Gasteiger charge is -2.04. The fraction of sp³-hybridized carbons (Fsp3) is 0.0417. The van der Waals surface area contributed by atoms with Crippen molar-refractivity contribution in [1.82, 2.24) is 9.61 Å². The number of hydrogen-bond donors (Lipinski definition) is 0. The van der Waals surface area contributed by atoms with Gasteiger partial charge in [-0.15, -0.1) is 0 Å². The fourth-order valence-electron chi connectivity index (χ4n) is 3.57. The van der Waals surface area contributed by atoms with Crippen LogP contribution in [-0.2, 0) is 9.84 Å². The normalized spacial score (nSPS) is 11.8. The molecule has 0 radical (unpaired) electrons. The molecule has 0 aliphatic carbocycles. The lowest BCUT2D eigenvalue weighted by molar-refractivity contribution is 0.602. The fourth-order valence-corrected chi connectivity index (χ4v) is 4.20. The Labute approximate surface area is 178 Å². The molecule has 0 aliphatic heterocycles. The maximum Gasteiger partial charge on any atom is 0.230 e. The highest BCUT2D eigenvalue weighted by Crippen LogP contribution is 2.38. The molecule has 0 saturated carbocycles. The van der Waals surface area contributed by atoms with Crippen LogP contribution in [-0.4, -0.2) is 24.3 Å². The number of fused-ring (bicyclic) bond motifs is 1. The van der Waals surface area contributed by atoms with Gasteiger partial charge in [-0.25, -0.2) is 12.8 Å². The maximum atomic E-state index is 13.5. The van der Waals surface area contributed by atoms with E-state index in [1.165, 1.54) is 18.4 Å². The van der Waals surface area contributed by atoms with E-state index in [9.17, 15) is 12.8 Å². The Morgan fingerprint density at radius 2 is 1.48 bits per heavy atom. The average Bonchev–Trinajstić information content (AvgIpc) is 3.34. The van der Waals surface area contributed by atoms with E-state index in [1.54, 1.807) is 47.2 Å². The molecule has 0 N–H and O–H groups in total. The highest BCUT2D eigenvalue weighted by atomic mass is 32.2. The molecule has 3 aromatic carbocycles. The third-order valence-corrected chi connectivity index (χ3v) is 6.24. The number of hydrogen-bond acceptors (Lipinski definition) is 4. The average molecular weight is 432 g/mol. The molecule has 7 heteroatoms. The van der Waals surface area contributed by atoms with Crippen LogP contribution in [0, 0.1) is 5.82 Å². The lowest BCUT2D eigenvalue weighted by atomic mass is 10.0. The van der Waals surface area contributed by atoms with Crippen LogP contribution in [0.15, 0.2) is 94.4 Å². The summed E-state index contributed by atoms with van der Waals surface area (Å²) in [5, 5.41) is 4.79. The third kappa shape index (κ3) is 3.43. The number of aromatic nitrogens is 2. The topological polar surface area (TPSA) is 64.6 Å². The van der Waals surface area contributed by atoms with Crippen molar-refractivity contribution in [2.75, 3.05) is 6.26 Å². The van der Waals surface area contributed by atoms with Crippen LogP contribution >= 0.6 is 0 Å². The van der Waals surface area contributed by atoms with E-state index in [0.717, 1.165) is 22.4 Å². The molecule has 0 atom stereocenters. The van der Waals surface area contributed by atoms with Gasteiger partial charge in [-0.1, -0.05) is 54.6 Å². The molecule has 0 fully saturated rings. The summed E-state index contributed by atoms with van der Waals surface area (Å²) in [5.41, 5.74) is 5.02. The molecular weight excluding hydrogens is 415 g/mol. The summed E-state index contributed by atoms with van der Waals surface area (Å²) in [6, 6.07) is 22.4. The molecule has 31 heavy (non-hydrogen) atoms. The van der Waals surface area contributed by atoms with Crippen LogP contribution in [0.5, 0.6) is 0 Å². The number of nitrogens with zero attached hydrogens (tertiary/aromatic N) is 2. The van der Waals surface area contributed by atoms with Gasteiger partial charge in [0.2, 0.25) is 5.71 Å². The summed E-state index contributed by atoms with van der Waals surface area (Å²) in [6.45, 7) is 0. The van der Waals surface area contributed by atoms with E-state index >= 15 is 0 Å². The predicted octanol–water partition coefficient (Wildman–Crippen LogP) is 5.47. The Kier molecular flexibility index (Phi) is 4.48. The molecule has 2 heterocycles. The number of halogens is 1. The zero-order valence-corrected chi connectivity index (χ0v) is 17.3. The lowest BCUT2D eigenvalue weighted by Crippen LogP contribution is -1.96. The van der Waals surface area contributed by atoms with Crippen molar-refractivity contribution in [2.24, 2.45) is 0 Å². The van der Waals surface area contributed by atoms with E-state index in [4.69, 9.17) is 9.52 Å². The molecule has 0 spiro atoms. The van der Waals surface area contributed by atoms with Crippen LogP contribution in [0.4, 0.5) is 4.39 Å². The Hall–Kier alpha value is -3.71. The van der Waals surface area contributed by atoms with Crippen molar-refractivity contribution in [1.29, 1.82) is 0 Å². The van der Waals surface area contributed by atoms with Gasteiger partial charge in [0.1, 0.15) is 23.5 Å². The van der Waals surface area contributed by atoms with E-state index < -0.39 is 9.84 Å². The Balaban J connectivity index is 1.75. The van der Waals surface area contributed by atoms with Crippen molar-refractivity contribution in [3.05, 3.63) is 90.9 Å². The minimum absolute atomic E-state index is 0.229. The van der Waals surface area contributed by atoms with Crippen LogP contribution in [0.3, 0.4) is 0 Å². The summed E-state index contributed by atoms with van der Waals surface area (Å²) in [4.78, 5) is 0.229. The van der Waals surface area contributed by atoms with E-state index in [-0.39, 0.29) is 10.7 Å². The molecule has 2 aromatic heterocycles. The standard InChI is InChI=1S/C24H17FN2O3S/c1-31(28,29)20-13-9-18(10-14-20)23-22(17-7-11-19(25)12-8-17)24-27(26-23)21(15-30-24)16-5-3-2-4-6-16/h2-15H,1H3. The summed E-state index contributed by atoms with van der Waals surface area (Å²) in [6.07, 6.45) is 2.81. The second-order valence-corrected chi connectivity index (χ2v) is 9.25. The van der Waals surface area contributed by atoms with E-state index in [1.807, 2.05) is 30.3 Å². The van der Waals surface area contributed by atoms with Gasteiger partial charge in [0.05, 0.1) is 10.5 Å². The smallest absolute Gasteiger partial charge is 0.230 e. The summed E-state index contributed by atoms with van der Waals surface area (Å²) >= 11 is 0. The Morgan fingerprint density at radius 3 is 2.13 bits per heavy atom. The summed E-state index contributed by atoms with van der Waals surface area (Å²) in [7, 11) is -3.31. The molecule has 5 nitrogen and oxygen atoms in total. The van der Waals surface area contributed by atoms with Crippen molar-refractivity contribution in [3.63, 3.8) is 0 Å². The molecule has 0 aliphatic rings. The van der Waals surface area contributed by atoms with Gasteiger partial charge in [-0.2, -0.15) is 9.61 Å². The Bertz CT molecular complexity index is 1480. The largest absolute Gasteiger partial charge is 0.444 e. The van der Waals surface area contributed by atoms with Crippen molar-refractivity contribution >= 4 is 15.6 Å². The van der Waals surface area contributed by atoms with Crippen molar-refractivity contribution in [2.45, 2.75) is 4.90 Å². The quantitative estimate of drug-likeness (QED) is 0.378. The maximum absolute atomic E-state index is 13.5. The first-order valence-electron chi connectivity index (χ1n) is 9.54. The monoisotopic (exact) mass is 432 g/mol. The van der Waals surface area contributed by atoms with E-state index in [2.05, 4.69) is 0 Å². The van der Waals surface area contributed by atoms with Crippen LogP contribution in [0.25, 0.3) is 39.4 Å². The first-order chi connectivity index (χ1) is 14.9. The first kappa shape index (κ1) is 19.3. The van der Waals surface area contributed by atoms with Crippen LogP contribution in [0.1, 0.15) is 0 Å². The SMILES string of the molecule is CS(=O)(=O)c1ccc(-c2nn3c(-c4ccccc4)coc3c2-c2ccc(F)cc2)cc1. The van der Waals surface area contributed by atoms with E-state index in [0.29, 0.717) is 17.0 Å². The molecule has 5 aromatic rings. The van der Waals surface area contributed by atoms with Gasteiger partial charge in [0.25, 0.3) is 0 Å². The molecule has 0 amide bonds. The summed E-state index contributed by atoms with van der Waals surface area (Å²) < 4.78 is 44.8. The zero-order chi connectivity index (χ0) is 21.6. The zero-order valence-electron chi connectivity index (χ0n) is 16.5. The number of oxazole rings is 1. The third-order valence-electron chi connectivity index (χ3n) is 5.11. The van der Waals surface area contributed by atoms with Gasteiger partial charge >= 0.3 is 0 Å². The molecule has 154 valence electrons. The van der Waals surface area contributed by atoms with Crippen LogP contribution < -0.4 is 0 Å². The number of benzene rings is 3. The van der Waals surface area contributed by atoms with Gasteiger partial charge in [0.15, 0.2) is 9.84 Å². The van der Waals surface area contributed by atoms with Crippen molar-refractivity contribution < 1.29 is 17.2 Å². The minimum atomic E-state index is -3.31. The van der Waals surface area contributed by atoms with Gasteiger partial charge in [-0.3, -0.25) is 0 Å².